The summed E-state index contributed by atoms with van der Waals surface area (Å²) in [6.07, 6.45) is -3.39. The molecule has 1 aromatic rings. The highest BCUT2D eigenvalue weighted by Gasteiger charge is 2.38. The van der Waals surface area contributed by atoms with Crippen LogP contribution in [0.4, 0.5) is 19.0 Å². The molecule has 0 unspecified atom stereocenters. The van der Waals surface area contributed by atoms with Gasteiger partial charge < -0.3 is 10.1 Å². The molecule has 0 aliphatic heterocycles. The fraction of sp³-hybridized carbons (Fsp3) is 0.625. The second kappa shape index (κ2) is 4.50. The second-order valence-corrected chi connectivity index (χ2v) is 3.22. The van der Waals surface area contributed by atoms with Crippen LogP contribution in [0.3, 0.4) is 0 Å². The summed E-state index contributed by atoms with van der Waals surface area (Å²) in [5.41, 5.74) is -1.23. The Morgan fingerprint density at radius 1 is 1.56 bits per heavy atom. The van der Waals surface area contributed by atoms with Crippen LogP contribution in [0.1, 0.15) is 25.5 Å². The summed E-state index contributed by atoms with van der Waals surface area (Å²) in [7, 11) is 0. The van der Waals surface area contributed by atoms with E-state index in [-0.39, 0.29) is 6.54 Å². The van der Waals surface area contributed by atoms with Crippen molar-refractivity contribution in [2.45, 2.75) is 32.5 Å². The van der Waals surface area contributed by atoms with E-state index in [1.165, 1.54) is 0 Å². The van der Waals surface area contributed by atoms with Crippen LogP contribution in [0.5, 0.6) is 0 Å². The molecule has 0 radical (unpaired) electrons. The molecule has 0 spiro atoms. The van der Waals surface area contributed by atoms with Crippen molar-refractivity contribution in [2.24, 2.45) is 0 Å². The highest BCUT2D eigenvalue weighted by Crippen LogP contribution is 2.30. The maximum absolute atomic E-state index is 12.3. The Hall–Kier alpha value is -1.60. The van der Waals surface area contributed by atoms with Gasteiger partial charge in [0.05, 0.1) is 6.07 Å². The van der Waals surface area contributed by atoms with Gasteiger partial charge in [-0.15, -0.1) is 4.68 Å². The van der Waals surface area contributed by atoms with Crippen LogP contribution in [0.15, 0.2) is 6.07 Å². The molecule has 90 valence electrons. The molecule has 5 nitrogen and oxygen atoms in total. The van der Waals surface area contributed by atoms with Crippen molar-refractivity contribution in [1.29, 1.82) is 0 Å². The number of aromatic nitrogens is 2. The molecule has 0 aliphatic rings. The number of nitrogens with zero attached hydrogens (tertiary/aromatic N) is 3. The Balaban J connectivity index is 3.05. The van der Waals surface area contributed by atoms with E-state index in [1.54, 1.807) is 0 Å². The summed E-state index contributed by atoms with van der Waals surface area (Å²) in [6, 6.07) is 0.454. The first-order chi connectivity index (χ1) is 7.36. The van der Waals surface area contributed by atoms with Crippen LogP contribution in [0, 0.1) is 10.1 Å². The molecule has 1 heterocycles. The van der Waals surface area contributed by atoms with E-state index < -0.39 is 22.6 Å². The Bertz CT molecular complexity index is 386. The first-order valence-electron chi connectivity index (χ1n) is 4.65. The largest absolute Gasteiger partial charge is 0.437 e. The minimum Gasteiger partial charge on any atom is -0.358 e. The summed E-state index contributed by atoms with van der Waals surface area (Å²) < 4.78 is 37.6. The van der Waals surface area contributed by atoms with Gasteiger partial charge in [-0.3, -0.25) is 0 Å². The number of hydrogen-bond donors (Lipinski definition) is 0. The second-order valence-electron chi connectivity index (χ2n) is 3.22. The first-order valence-corrected chi connectivity index (χ1v) is 4.65. The van der Waals surface area contributed by atoms with Crippen LogP contribution in [-0.4, -0.2) is 14.7 Å². The normalized spacial score (nSPS) is 11.8. The van der Waals surface area contributed by atoms with Crippen molar-refractivity contribution in [2.75, 3.05) is 0 Å². The quantitative estimate of drug-likeness (QED) is 0.597. The van der Waals surface area contributed by atoms with Crippen LogP contribution >= 0.6 is 0 Å². The summed E-state index contributed by atoms with van der Waals surface area (Å²) in [5.74, 6) is -0.624. The van der Waals surface area contributed by atoms with Crippen LogP contribution in [0.2, 0.25) is 0 Å². The number of unbranched alkanes of at least 4 members (excludes halogenated alkanes) is 1. The monoisotopic (exact) mass is 237 g/mol. The van der Waals surface area contributed by atoms with Crippen molar-refractivity contribution in [3.63, 3.8) is 0 Å². The predicted octanol–water partition coefficient (Wildman–Crippen LogP) is 2.61. The van der Waals surface area contributed by atoms with Gasteiger partial charge in [-0.05, 0) is 11.3 Å². The van der Waals surface area contributed by atoms with Gasteiger partial charge in [0.25, 0.3) is 0 Å². The standard InChI is InChI=1S/C8H10F3N3O2/c1-2-3-4-13-7(14(15)16)5-6(12-13)8(9,10)11/h5H,2-4H2,1H3. The molecule has 0 aliphatic carbocycles. The molecule has 0 fully saturated rings. The third kappa shape index (κ3) is 2.71. The number of nitro groups is 1. The van der Waals surface area contributed by atoms with E-state index in [2.05, 4.69) is 5.10 Å². The average molecular weight is 237 g/mol. The number of alkyl halides is 3. The van der Waals surface area contributed by atoms with Gasteiger partial charge in [0.2, 0.25) is 0 Å². The Morgan fingerprint density at radius 2 is 2.19 bits per heavy atom. The van der Waals surface area contributed by atoms with E-state index >= 15 is 0 Å². The Morgan fingerprint density at radius 3 is 2.62 bits per heavy atom. The highest BCUT2D eigenvalue weighted by molar-refractivity contribution is 5.24. The predicted molar refractivity (Wildman–Crippen MR) is 48.8 cm³/mol. The molecular weight excluding hydrogens is 227 g/mol. The van der Waals surface area contributed by atoms with Crippen LogP contribution in [0.25, 0.3) is 0 Å². The van der Waals surface area contributed by atoms with Crippen molar-refractivity contribution < 1.29 is 18.1 Å². The minimum absolute atomic E-state index is 0.114. The highest BCUT2D eigenvalue weighted by atomic mass is 19.4. The zero-order valence-corrected chi connectivity index (χ0v) is 8.49. The van der Waals surface area contributed by atoms with Gasteiger partial charge in [0, 0.05) is 0 Å². The number of aryl methyl sites for hydroxylation is 1. The fourth-order valence-electron chi connectivity index (χ4n) is 1.16. The molecule has 0 amide bonds. The Labute approximate surface area is 89.0 Å². The van der Waals surface area contributed by atoms with Crippen molar-refractivity contribution in [3.05, 3.63) is 21.9 Å². The molecule has 0 saturated heterocycles. The lowest BCUT2D eigenvalue weighted by molar-refractivity contribution is -0.392. The molecule has 0 saturated carbocycles. The van der Waals surface area contributed by atoms with Gasteiger partial charge >= 0.3 is 12.0 Å². The third-order valence-corrected chi connectivity index (χ3v) is 1.96. The number of rotatable bonds is 4. The lowest BCUT2D eigenvalue weighted by atomic mass is 10.3. The SMILES string of the molecule is CCCCn1nc(C(F)(F)F)cc1[N+](=O)[O-]. The zero-order chi connectivity index (χ0) is 12.3. The molecule has 0 atom stereocenters. The van der Waals surface area contributed by atoms with Crippen LogP contribution in [-0.2, 0) is 12.7 Å². The average Bonchev–Trinajstić information content (AvgIpc) is 2.57. The van der Waals surface area contributed by atoms with Gasteiger partial charge in [0.1, 0.15) is 6.54 Å². The first kappa shape index (κ1) is 12.5. The molecule has 1 aromatic heterocycles. The molecule has 1 rings (SSSR count). The lowest BCUT2D eigenvalue weighted by Crippen LogP contribution is -2.08. The maximum Gasteiger partial charge on any atom is 0.437 e. The van der Waals surface area contributed by atoms with Gasteiger partial charge in [-0.1, -0.05) is 18.4 Å². The van der Waals surface area contributed by atoms with E-state index in [9.17, 15) is 23.3 Å². The minimum atomic E-state index is -4.65. The summed E-state index contributed by atoms with van der Waals surface area (Å²) in [5, 5.41) is 13.7. The van der Waals surface area contributed by atoms with E-state index in [0.29, 0.717) is 12.5 Å². The zero-order valence-electron chi connectivity index (χ0n) is 8.49. The van der Waals surface area contributed by atoms with E-state index in [1.807, 2.05) is 6.92 Å². The molecule has 16 heavy (non-hydrogen) atoms. The summed E-state index contributed by atoms with van der Waals surface area (Å²) in [6.45, 7) is 1.95. The Kier molecular flexibility index (Phi) is 3.51. The fourth-order valence-corrected chi connectivity index (χ4v) is 1.16. The lowest BCUT2D eigenvalue weighted by Gasteiger charge is -1.98. The third-order valence-electron chi connectivity index (χ3n) is 1.96. The van der Waals surface area contributed by atoms with Gasteiger partial charge in [-0.2, -0.15) is 13.2 Å². The molecule has 0 bridgehead atoms. The summed E-state index contributed by atoms with van der Waals surface area (Å²) in [4.78, 5) is 9.64. The smallest absolute Gasteiger partial charge is 0.358 e. The number of hydrogen-bond acceptors (Lipinski definition) is 3. The summed E-state index contributed by atoms with van der Waals surface area (Å²) >= 11 is 0. The topological polar surface area (TPSA) is 61.0 Å². The van der Waals surface area contributed by atoms with Crippen molar-refractivity contribution >= 4 is 5.82 Å². The number of halogens is 3. The van der Waals surface area contributed by atoms with E-state index in [4.69, 9.17) is 0 Å². The molecule has 8 heteroatoms. The molecular formula is C8H10F3N3O2. The van der Waals surface area contributed by atoms with Crippen molar-refractivity contribution in [1.82, 2.24) is 9.78 Å². The molecule has 0 N–H and O–H groups in total. The van der Waals surface area contributed by atoms with Crippen molar-refractivity contribution in [3.8, 4) is 0 Å². The van der Waals surface area contributed by atoms with E-state index in [0.717, 1.165) is 11.1 Å². The van der Waals surface area contributed by atoms with Gasteiger partial charge in [0.15, 0.2) is 5.69 Å². The maximum atomic E-state index is 12.3. The molecule has 0 aromatic carbocycles. The van der Waals surface area contributed by atoms with Crippen LogP contribution < -0.4 is 0 Å². The van der Waals surface area contributed by atoms with Gasteiger partial charge in [-0.25, -0.2) is 0 Å².